The van der Waals surface area contributed by atoms with Crippen LogP contribution in [0.15, 0.2) is 0 Å². The highest BCUT2D eigenvalue weighted by Crippen LogP contribution is 2.21. The van der Waals surface area contributed by atoms with Gasteiger partial charge in [0.2, 0.25) is 10.0 Å². The summed E-state index contributed by atoms with van der Waals surface area (Å²) in [6.45, 7) is 0.180. The molecule has 0 amide bonds. The molecule has 1 saturated heterocycles. The van der Waals surface area contributed by atoms with Gasteiger partial charge in [-0.2, -0.15) is 4.31 Å². The van der Waals surface area contributed by atoms with Gasteiger partial charge in [-0.1, -0.05) is 0 Å². The number of hydrogen-bond donors (Lipinski definition) is 2. The number of carboxylic acids is 1. The number of rotatable bonds is 5. The summed E-state index contributed by atoms with van der Waals surface area (Å²) < 4.78 is 24.5. The maximum absolute atomic E-state index is 11.7. The van der Waals surface area contributed by atoms with Crippen molar-refractivity contribution in [2.24, 2.45) is 0 Å². The lowest BCUT2D eigenvalue weighted by atomic mass is 10.2. The van der Waals surface area contributed by atoms with Crippen LogP contribution >= 0.6 is 0 Å². The number of sulfonamides is 1. The fourth-order valence-electron chi connectivity index (χ4n) is 1.69. The fraction of sp³-hybridized carbons (Fsp3) is 0.875. The molecule has 15 heavy (non-hydrogen) atoms. The van der Waals surface area contributed by atoms with E-state index in [4.69, 9.17) is 10.2 Å². The van der Waals surface area contributed by atoms with Crippen LogP contribution < -0.4 is 0 Å². The molecule has 88 valence electrons. The Hall–Kier alpha value is -0.660. The Morgan fingerprint density at radius 2 is 2.13 bits per heavy atom. The molecule has 0 aromatic heterocycles. The lowest BCUT2D eigenvalue weighted by Crippen LogP contribution is -2.39. The van der Waals surface area contributed by atoms with Crippen LogP contribution in [0.25, 0.3) is 0 Å². The third kappa shape index (κ3) is 3.15. The molecule has 0 spiro atoms. The Morgan fingerprint density at radius 1 is 1.47 bits per heavy atom. The number of aliphatic hydroxyl groups is 1. The highest BCUT2D eigenvalue weighted by molar-refractivity contribution is 7.89. The van der Waals surface area contributed by atoms with E-state index in [-0.39, 0.29) is 12.6 Å². The molecule has 1 heterocycles. The first kappa shape index (κ1) is 12.4. The molecule has 0 bridgehead atoms. The predicted molar refractivity (Wildman–Crippen MR) is 52.9 cm³/mol. The van der Waals surface area contributed by atoms with Crippen molar-refractivity contribution in [1.29, 1.82) is 0 Å². The summed E-state index contributed by atoms with van der Waals surface area (Å²) >= 11 is 0. The molecule has 0 radical (unpaired) electrons. The van der Waals surface area contributed by atoms with Gasteiger partial charge in [0.05, 0.1) is 18.8 Å². The second kappa shape index (κ2) is 4.91. The molecule has 1 rings (SSSR count). The van der Waals surface area contributed by atoms with Crippen molar-refractivity contribution in [2.75, 3.05) is 18.9 Å². The van der Waals surface area contributed by atoms with Gasteiger partial charge in [0, 0.05) is 12.6 Å². The van der Waals surface area contributed by atoms with Crippen LogP contribution in [-0.4, -0.2) is 53.9 Å². The summed E-state index contributed by atoms with van der Waals surface area (Å²) in [7, 11) is -3.52. The summed E-state index contributed by atoms with van der Waals surface area (Å²) in [6.07, 6.45) is 0.970. The third-order valence-corrected chi connectivity index (χ3v) is 4.38. The van der Waals surface area contributed by atoms with Gasteiger partial charge in [0.1, 0.15) is 0 Å². The molecule has 1 aliphatic rings. The molecule has 7 heteroatoms. The zero-order valence-corrected chi connectivity index (χ0v) is 9.11. The summed E-state index contributed by atoms with van der Waals surface area (Å²) in [5.74, 6) is -1.52. The van der Waals surface area contributed by atoms with E-state index in [0.717, 1.165) is 6.42 Å². The third-order valence-electron chi connectivity index (χ3n) is 2.47. The van der Waals surface area contributed by atoms with E-state index in [2.05, 4.69) is 0 Å². The highest BCUT2D eigenvalue weighted by Gasteiger charge is 2.33. The molecule has 1 fully saturated rings. The summed E-state index contributed by atoms with van der Waals surface area (Å²) in [6, 6.07) is -0.371. The second-order valence-corrected chi connectivity index (χ2v) is 5.59. The van der Waals surface area contributed by atoms with Crippen molar-refractivity contribution in [3.05, 3.63) is 0 Å². The van der Waals surface area contributed by atoms with Gasteiger partial charge in [-0.15, -0.1) is 0 Å². The Bertz CT molecular complexity index is 326. The van der Waals surface area contributed by atoms with Gasteiger partial charge in [0.15, 0.2) is 0 Å². The van der Waals surface area contributed by atoms with E-state index in [1.54, 1.807) is 0 Å². The normalized spacial score (nSPS) is 23.1. The van der Waals surface area contributed by atoms with Gasteiger partial charge in [-0.3, -0.25) is 4.79 Å². The Balaban J connectivity index is 2.64. The molecule has 2 N–H and O–H groups in total. The van der Waals surface area contributed by atoms with E-state index in [9.17, 15) is 13.2 Å². The van der Waals surface area contributed by atoms with E-state index in [1.165, 1.54) is 4.31 Å². The molecule has 0 saturated carbocycles. The molecule has 0 aromatic carbocycles. The largest absolute Gasteiger partial charge is 0.481 e. The molecular weight excluding hydrogens is 222 g/mol. The lowest BCUT2D eigenvalue weighted by Gasteiger charge is -2.21. The first-order chi connectivity index (χ1) is 6.97. The molecule has 1 unspecified atom stereocenters. The Morgan fingerprint density at radius 3 is 2.67 bits per heavy atom. The molecule has 1 aliphatic heterocycles. The van der Waals surface area contributed by atoms with E-state index in [0.29, 0.717) is 13.0 Å². The number of nitrogens with zero attached hydrogens (tertiary/aromatic N) is 1. The van der Waals surface area contributed by atoms with Gasteiger partial charge in [-0.05, 0) is 12.8 Å². The van der Waals surface area contributed by atoms with Crippen molar-refractivity contribution in [3.63, 3.8) is 0 Å². The standard InChI is InChI=1S/C8H15NO5S/c10-6-7-2-1-4-9(7)15(13,14)5-3-8(11)12/h7,10H,1-6H2,(H,11,12). The molecule has 0 aromatic rings. The minimum Gasteiger partial charge on any atom is -0.481 e. The first-order valence-corrected chi connectivity index (χ1v) is 6.40. The zero-order chi connectivity index (χ0) is 11.5. The smallest absolute Gasteiger partial charge is 0.304 e. The summed E-state index contributed by atoms with van der Waals surface area (Å²) in [4.78, 5) is 10.3. The lowest BCUT2D eigenvalue weighted by molar-refractivity contribution is -0.136. The van der Waals surface area contributed by atoms with Crippen LogP contribution in [0.1, 0.15) is 19.3 Å². The minimum absolute atomic E-state index is 0.202. The van der Waals surface area contributed by atoms with Crippen LogP contribution in [0, 0.1) is 0 Å². The van der Waals surface area contributed by atoms with Gasteiger partial charge >= 0.3 is 5.97 Å². The van der Waals surface area contributed by atoms with Crippen molar-refractivity contribution in [3.8, 4) is 0 Å². The zero-order valence-electron chi connectivity index (χ0n) is 8.29. The van der Waals surface area contributed by atoms with Gasteiger partial charge in [0.25, 0.3) is 0 Å². The average molecular weight is 237 g/mol. The summed E-state index contributed by atoms with van der Waals surface area (Å²) in [5.41, 5.74) is 0. The molecular formula is C8H15NO5S. The van der Waals surface area contributed by atoms with Crippen molar-refractivity contribution < 1.29 is 23.4 Å². The van der Waals surface area contributed by atoms with Crippen LogP contribution in [-0.2, 0) is 14.8 Å². The monoisotopic (exact) mass is 237 g/mol. The number of hydrogen-bond acceptors (Lipinski definition) is 4. The molecule has 1 atom stereocenters. The average Bonchev–Trinajstić information content (AvgIpc) is 2.63. The van der Waals surface area contributed by atoms with Gasteiger partial charge in [-0.25, -0.2) is 8.42 Å². The summed E-state index contributed by atoms with van der Waals surface area (Å²) in [5, 5.41) is 17.4. The molecule has 0 aliphatic carbocycles. The minimum atomic E-state index is -3.52. The number of carbonyl (C=O) groups is 1. The topological polar surface area (TPSA) is 94.9 Å². The first-order valence-electron chi connectivity index (χ1n) is 4.79. The van der Waals surface area contributed by atoms with Crippen molar-refractivity contribution >= 4 is 16.0 Å². The van der Waals surface area contributed by atoms with E-state index >= 15 is 0 Å². The SMILES string of the molecule is O=C(O)CCS(=O)(=O)N1CCCC1CO. The molecule has 6 nitrogen and oxygen atoms in total. The Kier molecular flexibility index (Phi) is 4.06. The predicted octanol–water partition coefficient (Wildman–Crippen LogP) is -0.752. The van der Waals surface area contributed by atoms with Crippen LogP contribution in [0.4, 0.5) is 0 Å². The van der Waals surface area contributed by atoms with Crippen LogP contribution in [0.5, 0.6) is 0 Å². The van der Waals surface area contributed by atoms with E-state index < -0.39 is 28.2 Å². The van der Waals surface area contributed by atoms with Crippen LogP contribution in [0.2, 0.25) is 0 Å². The number of aliphatic carboxylic acids is 1. The quantitative estimate of drug-likeness (QED) is 0.656. The number of carboxylic acid groups (broad SMARTS) is 1. The van der Waals surface area contributed by atoms with Crippen molar-refractivity contribution in [1.82, 2.24) is 4.31 Å². The fourth-order valence-corrected chi connectivity index (χ4v) is 3.39. The van der Waals surface area contributed by atoms with Gasteiger partial charge < -0.3 is 10.2 Å². The number of aliphatic hydroxyl groups excluding tert-OH is 1. The maximum Gasteiger partial charge on any atom is 0.304 e. The van der Waals surface area contributed by atoms with Crippen molar-refractivity contribution in [2.45, 2.75) is 25.3 Å². The Labute approximate surface area is 88.6 Å². The van der Waals surface area contributed by atoms with E-state index in [1.807, 2.05) is 0 Å². The van der Waals surface area contributed by atoms with Crippen LogP contribution in [0.3, 0.4) is 0 Å². The maximum atomic E-state index is 11.7. The second-order valence-electron chi connectivity index (χ2n) is 3.55. The highest BCUT2D eigenvalue weighted by atomic mass is 32.2.